The molecule has 1 aromatic heterocycles. The molecule has 1 heterocycles. The molecule has 0 spiro atoms. The summed E-state index contributed by atoms with van der Waals surface area (Å²) in [6.07, 6.45) is 2.06. The van der Waals surface area contributed by atoms with E-state index in [-0.39, 0.29) is 0 Å². The lowest BCUT2D eigenvalue weighted by Gasteiger charge is -2.05. The second kappa shape index (κ2) is 7.38. The van der Waals surface area contributed by atoms with E-state index in [1.807, 2.05) is 18.7 Å². The van der Waals surface area contributed by atoms with Gasteiger partial charge in [0.2, 0.25) is 0 Å². The summed E-state index contributed by atoms with van der Waals surface area (Å²) in [5, 5.41) is 11.0. The SMILES string of the molecule is COCCNCCNCc1cn(C)nc1C. The molecule has 0 aromatic carbocycles. The average molecular weight is 226 g/mol. The summed E-state index contributed by atoms with van der Waals surface area (Å²) in [5.41, 5.74) is 2.36. The van der Waals surface area contributed by atoms with Crippen molar-refractivity contribution in [1.29, 1.82) is 0 Å². The van der Waals surface area contributed by atoms with Crippen LogP contribution in [0.2, 0.25) is 0 Å². The van der Waals surface area contributed by atoms with Crippen LogP contribution in [-0.2, 0) is 18.3 Å². The summed E-state index contributed by atoms with van der Waals surface area (Å²) in [6.45, 7) is 6.51. The third kappa shape index (κ3) is 4.74. The first-order valence-electron chi connectivity index (χ1n) is 5.63. The molecule has 0 atom stereocenters. The fourth-order valence-electron chi connectivity index (χ4n) is 1.52. The van der Waals surface area contributed by atoms with Gasteiger partial charge in [0.1, 0.15) is 0 Å². The monoisotopic (exact) mass is 226 g/mol. The lowest BCUT2D eigenvalue weighted by atomic mass is 10.2. The van der Waals surface area contributed by atoms with Crippen molar-refractivity contribution in [3.05, 3.63) is 17.5 Å². The van der Waals surface area contributed by atoms with Crippen molar-refractivity contribution in [1.82, 2.24) is 20.4 Å². The molecular weight excluding hydrogens is 204 g/mol. The molecular formula is C11H22N4O. The quantitative estimate of drug-likeness (QED) is 0.615. The lowest BCUT2D eigenvalue weighted by Crippen LogP contribution is -2.29. The number of aromatic nitrogens is 2. The maximum absolute atomic E-state index is 4.94. The second-order valence-corrected chi connectivity index (χ2v) is 3.83. The van der Waals surface area contributed by atoms with Gasteiger partial charge in [0, 0.05) is 52.1 Å². The molecule has 0 amide bonds. The number of rotatable bonds is 8. The van der Waals surface area contributed by atoms with E-state index < -0.39 is 0 Å². The minimum Gasteiger partial charge on any atom is -0.383 e. The van der Waals surface area contributed by atoms with Gasteiger partial charge in [0.05, 0.1) is 12.3 Å². The molecule has 92 valence electrons. The molecule has 0 bridgehead atoms. The summed E-state index contributed by atoms with van der Waals surface area (Å²) in [4.78, 5) is 0. The van der Waals surface area contributed by atoms with Crippen molar-refractivity contribution in [3.8, 4) is 0 Å². The van der Waals surface area contributed by atoms with Gasteiger partial charge >= 0.3 is 0 Å². The maximum Gasteiger partial charge on any atom is 0.0638 e. The highest BCUT2D eigenvalue weighted by Crippen LogP contribution is 2.02. The Bertz CT molecular complexity index is 298. The lowest BCUT2D eigenvalue weighted by molar-refractivity contribution is 0.199. The molecule has 0 saturated carbocycles. The van der Waals surface area contributed by atoms with Crippen molar-refractivity contribution < 1.29 is 4.74 Å². The number of ether oxygens (including phenoxy) is 1. The number of hydrogen-bond donors (Lipinski definition) is 2. The summed E-state index contributed by atoms with van der Waals surface area (Å²) < 4.78 is 6.79. The smallest absolute Gasteiger partial charge is 0.0638 e. The van der Waals surface area contributed by atoms with E-state index in [2.05, 4.69) is 21.9 Å². The van der Waals surface area contributed by atoms with E-state index in [0.29, 0.717) is 0 Å². The Morgan fingerprint density at radius 2 is 2.06 bits per heavy atom. The topological polar surface area (TPSA) is 51.1 Å². The molecule has 2 N–H and O–H groups in total. The average Bonchev–Trinajstić information content (AvgIpc) is 2.56. The number of hydrogen-bond acceptors (Lipinski definition) is 4. The van der Waals surface area contributed by atoms with Gasteiger partial charge in [-0.2, -0.15) is 5.10 Å². The van der Waals surface area contributed by atoms with E-state index in [4.69, 9.17) is 4.74 Å². The van der Waals surface area contributed by atoms with Gasteiger partial charge in [0.15, 0.2) is 0 Å². The van der Waals surface area contributed by atoms with Gasteiger partial charge in [-0.25, -0.2) is 0 Å². The van der Waals surface area contributed by atoms with E-state index in [1.54, 1.807) is 7.11 Å². The third-order valence-electron chi connectivity index (χ3n) is 2.39. The van der Waals surface area contributed by atoms with Crippen molar-refractivity contribution in [3.63, 3.8) is 0 Å². The molecule has 1 rings (SSSR count). The zero-order chi connectivity index (χ0) is 11.8. The Morgan fingerprint density at radius 1 is 1.31 bits per heavy atom. The number of aryl methyl sites for hydroxylation is 2. The van der Waals surface area contributed by atoms with Crippen molar-refractivity contribution in [2.75, 3.05) is 33.4 Å². The van der Waals surface area contributed by atoms with Crippen LogP contribution in [0.5, 0.6) is 0 Å². The Morgan fingerprint density at radius 3 is 2.69 bits per heavy atom. The van der Waals surface area contributed by atoms with Gasteiger partial charge in [-0.1, -0.05) is 0 Å². The summed E-state index contributed by atoms with van der Waals surface area (Å²) in [7, 11) is 3.66. The van der Waals surface area contributed by atoms with Gasteiger partial charge in [0.25, 0.3) is 0 Å². The van der Waals surface area contributed by atoms with E-state index in [0.717, 1.165) is 38.5 Å². The molecule has 0 aliphatic carbocycles. The summed E-state index contributed by atoms with van der Waals surface area (Å²) in [6, 6.07) is 0. The van der Waals surface area contributed by atoms with Crippen LogP contribution < -0.4 is 10.6 Å². The van der Waals surface area contributed by atoms with Crippen LogP contribution in [0.4, 0.5) is 0 Å². The van der Waals surface area contributed by atoms with Crippen LogP contribution in [0.25, 0.3) is 0 Å². The highest BCUT2D eigenvalue weighted by Gasteiger charge is 2.01. The van der Waals surface area contributed by atoms with Crippen molar-refractivity contribution in [2.24, 2.45) is 7.05 Å². The van der Waals surface area contributed by atoms with Crippen LogP contribution in [0, 0.1) is 6.92 Å². The first kappa shape index (κ1) is 13.2. The molecule has 5 nitrogen and oxygen atoms in total. The highest BCUT2D eigenvalue weighted by atomic mass is 16.5. The number of methoxy groups -OCH3 is 1. The van der Waals surface area contributed by atoms with E-state index in [9.17, 15) is 0 Å². The second-order valence-electron chi connectivity index (χ2n) is 3.83. The van der Waals surface area contributed by atoms with Crippen LogP contribution in [0.3, 0.4) is 0 Å². The predicted molar refractivity (Wildman–Crippen MR) is 64.4 cm³/mol. The molecule has 0 saturated heterocycles. The van der Waals surface area contributed by atoms with Gasteiger partial charge < -0.3 is 15.4 Å². The zero-order valence-corrected chi connectivity index (χ0v) is 10.4. The Balaban J connectivity index is 2.05. The largest absolute Gasteiger partial charge is 0.383 e. The fourth-order valence-corrected chi connectivity index (χ4v) is 1.52. The predicted octanol–water partition coefficient (Wildman–Crippen LogP) is 0.0541. The third-order valence-corrected chi connectivity index (χ3v) is 2.39. The van der Waals surface area contributed by atoms with Crippen LogP contribution >= 0.6 is 0 Å². The van der Waals surface area contributed by atoms with Crippen molar-refractivity contribution >= 4 is 0 Å². The van der Waals surface area contributed by atoms with E-state index in [1.165, 1.54) is 5.56 Å². The first-order chi connectivity index (χ1) is 7.74. The minimum absolute atomic E-state index is 0.766. The summed E-state index contributed by atoms with van der Waals surface area (Å²) >= 11 is 0. The molecule has 0 aliphatic rings. The summed E-state index contributed by atoms with van der Waals surface area (Å²) in [5.74, 6) is 0. The van der Waals surface area contributed by atoms with Gasteiger partial charge in [-0.15, -0.1) is 0 Å². The Labute approximate surface area is 97.2 Å². The van der Waals surface area contributed by atoms with Gasteiger partial charge in [-0.05, 0) is 6.92 Å². The van der Waals surface area contributed by atoms with Crippen LogP contribution in [0.15, 0.2) is 6.20 Å². The van der Waals surface area contributed by atoms with E-state index >= 15 is 0 Å². The van der Waals surface area contributed by atoms with Crippen LogP contribution in [0.1, 0.15) is 11.3 Å². The molecule has 16 heavy (non-hydrogen) atoms. The van der Waals surface area contributed by atoms with Crippen molar-refractivity contribution in [2.45, 2.75) is 13.5 Å². The highest BCUT2D eigenvalue weighted by molar-refractivity contribution is 5.14. The zero-order valence-electron chi connectivity index (χ0n) is 10.4. The number of nitrogens with one attached hydrogen (secondary N) is 2. The molecule has 1 aromatic rings. The molecule has 0 unspecified atom stereocenters. The minimum atomic E-state index is 0.766. The standard InChI is InChI=1S/C11H22N4O/c1-10-11(9-15(2)14-10)8-13-5-4-12-6-7-16-3/h9,12-13H,4-8H2,1-3H3. The maximum atomic E-state index is 4.94. The Kier molecular flexibility index (Phi) is 6.07. The molecule has 5 heteroatoms. The molecule has 0 fully saturated rings. The Hall–Kier alpha value is -0.910. The molecule has 0 radical (unpaired) electrons. The fraction of sp³-hybridized carbons (Fsp3) is 0.727. The first-order valence-corrected chi connectivity index (χ1v) is 5.63. The normalized spacial score (nSPS) is 10.9. The van der Waals surface area contributed by atoms with Crippen LogP contribution in [-0.4, -0.2) is 43.1 Å². The number of nitrogens with zero attached hydrogens (tertiary/aromatic N) is 2. The molecule has 0 aliphatic heterocycles. The van der Waals surface area contributed by atoms with Gasteiger partial charge in [-0.3, -0.25) is 4.68 Å².